The lowest BCUT2D eigenvalue weighted by atomic mass is 10.00. The van der Waals surface area contributed by atoms with Gasteiger partial charge in [-0.2, -0.15) is 0 Å². The first-order valence-electron chi connectivity index (χ1n) is 22.8. The summed E-state index contributed by atoms with van der Waals surface area (Å²) in [5.74, 6) is 0.767. The fourth-order valence-electron chi connectivity index (χ4n) is 6.72. The van der Waals surface area contributed by atoms with E-state index in [0.717, 1.165) is 69.6 Å². The molecule has 6 nitrogen and oxygen atoms in total. The molecular weight excluding hydrogens is 648 g/mol. The molecule has 0 aliphatic heterocycles. The summed E-state index contributed by atoms with van der Waals surface area (Å²) < 4.78 is 16.7. The van der Waals surface area contributed by atoms with E-state index in [2.05, 4.69) is 34.6 Å². The first kappa shape index (κ1) is 50.4. The molecule has 0 heterocycles. The lowest BCUT2D eigenvalue weighted by Gasteiger charge is -2.18. The second kappa shape index (κ2) is 39.1. The number of carbonyl (C=O) groups is 3. The fraction of sp³-hybridized carbons (Fsp3) is 0.935. The maximum Gasteiger partial charge on any atom is 0.306 e. The average molecular weight is 737 g/mol. The molecular formula is C46H88O6. The van der Waals surface area contributed by atoms with Gasteiger partial charge < -0.3 is 14.2 Å². The highest BCUT2D eigenvalue weighted by atomic mass is 16.6. The van der Waals surface area contributed by atoms with Crippen molar-refractivity contribution in [2.24, 2.45) is 11.8 Å². The van der Waals surface area contributed by atoms with Gasteiger partial charge in [0.1, 0.15) is 13.2 Å². The second-order valence-electron chi connectivity index (χ2n) is 16.4. The molecule has 1 unspecified atom stereocenters. The van der Waals surface area contributed by atoms with Gasteiger partial charge in [-0.3, -0.25) is 14.4 Å². The Morgan fingerprint density at radius 3 is 1.10 bits per heavy atom. The molecule has 0 radical (unpaired) electrons. The van der Waals surface area contributed by atoms with E-state index in [9.17, 15) is 14.4 Å². The van der Waals surface area contributed by atoms with Gasteiger partial charge in [0.05, 0.1) is 0 Å². The molecule has 0 amide bonds. The summed E-state index contributed by atoms with van der Waals surface area (Å²) in [6, 6.07) is 0. The summed E-state index contributed by atoms with van der Waals surface area (Å²) in [7, 11) is 0. The van der Waals surface area contributed by atoms with E-state index in [1.54, 1.807) is 0 Å². The van der Waals surface area contributed by atoms with E-state index in [-0.39, 0.29) is 31.1 Å². The van der Waals surface area contributed by atoms with E-state index < -0.39 is 6.10 Å². The van der Waals surface area contributed by atoms with Crippen molar-refractivity contribution >= 4 is 17.9 Å². The van der Waals surface area contributed by atoms with Crippen molar-refractivity contribution in [1.29, 1.82) is 0 Å². The SMILES string of the molecule is CCCCCCCCCCCCCC(=O)OC[C@H](COC(=O)CCCCCCCCCCCCC(C)C)OC(=O)CCCCCCCCC(C)CC. The predicted molar refractivity (Wildman–Crippen MR) is 220 cm³/mol. The van der Waals surface area contributed by atoms with Gasteiger partial charge in [-0.15, -0.1) is 0 Å². The van der Waals surface area contributed by atoms with E-state index >= 15 is 0 Å². The van der Waals surface area contributed by atoms with Gasteiger partial charge in [0.2, 0.25) is 0 Å². The van der Waals surface area contributed by atoms with Crippen LogP contribution in [-0.4, -0.2) is 37.2 Å². The van der Waals surface area contributed by atoms with Gasteiger partial charge in [0.25, 0.3) is 0 Å². The van der Waals surface area contributed by atoms with Crippen molar-refractivity contribution in [2.45, 2.75) is 253 Å². The molecule has 0 bridgehead atoms. The van der Waals surface area contributed by atoms with Crippen molar-refractivity contribution in [3.8, 4) is 0 Å². The second-order valence-corrected chi connectivity index (χ2v) is 16.4. The molecule has 0 rings (SSSR count). The van der Waals surface area contributed by atoms with Crippen molar-refractivity contribution < 1.29 is 28.6 Å². The van der Waals surface area contributed by atoms with Crippen molar-refractivity contribution in [3.05, 3.63) is 0 Å². The van der Waals surface area contributed by atoms with E-state index in [1.165, 1.54) is 135 Å². The smallest absolute Gasteiger partial charge is 0.306 e. The van der Waals surface area contributed by atoms with Crippen molar-refractivity contribution in [1.82, 2.24) is 0 Å². The predicted octanol–water partition coefficient (Wildman–Crippen LogP) is 14.2. The van der Waals surface area contributed by atoms with Crippen LogP contribution in [0, 0.1) is 11.8 Å². The molecule has 6 heteroatoms. The Balaban J connectivity index is 4.34. The zero-order valence-electron chi connectivity index (χ0n) is 35.4. The molecule has 0 fully saturated rings. The molecule has 0 saturated heterocycles. The minimum atomic E-state index is -0.761. The minimum Gasteiger partial charge on any atom is -0.462 e. The normalized spacial score (nSPS) is 12.6. The summed E-state index contributed by atoms with van der Waals surface area (Å²) in [6.07, 6.45) is 36.6. The summed E-state index contributed by atoms with van der Waals surface area (Å²) in [4.78, 5) is 37.7. The lowest BCUT2D eigenvalue weighted by Crippen LogP contribution is -2.30. The summed E-state index contributed by atoms with van der Waals surface area (Å²) in [5.41, 5.74) is 0. The van der Waals surface area contributed by atoms with Gasteiger partial charge in [0, 0.05) is 19.3 Å². The maximum absolute atomic E-state index is 12.7. The number of ether oxygens (including phenoxy) is 3. The molecule has 0 N–H and O–H groups in total. The Bertz CT molecular complexity index is 796. The standard InChI is InChI=1S/C46H88O6/c1-6-8-9-10-11-12-13-17-20-26-31-36-44(47)50-39-43(52-46(49)38-33-28-23-22-25-30-35-42(5)7-2)40-51-45(48)37-32-27-21-18-15-14-16-19-24-29-34-41(3)4/h41-43H,6-40H2,1-5H3/t42?,43-/m1/s1. The molecule has 2 atom stereocenters. The van der Waals surface area contributed by atoms with Crippen LogP contribution in [0.2, 0.25) is 0 Å². The lowest BCUT2D eigenvalue weighted by molar-refractivity contribution is -0.167. The van der Waals surface area contributed by atoms with Crippen LogP contribution in [0.4, 0.5) is 0 Å². The molecule has 0 spiro atoms. The van der Waals surface area contributed by atoms with Crippen LogP contribution in [-0.2, 0) is 28.6 Å². The molecule has 0 aromatic carbocycles. The largest absolute Gasteiger partial charge is 0.462 e. The van der Waals surface area contributed by atoms with Crippen LogP contribution >= 0.6 is 0 Å². The Hall–Kier alpha value is -1.59. The monoisotopic (exact) mass is 737 g/mol. The number of unbranched alkanes of at least 4 members (excludes halogenated alkanes) is 24. The zero-order chi connectivity index (χ0) is 38.3. The number of rotatable bonds is 40. The van der Waals surface area contributed by atoms with Gasteiger partial charge in [-0.25, -0.2) is 0 Å². The summed E-state index contributed by atoms with van der Waals surface area (Å²) in [5, 5.41) is 0. The fourth-order valence-corrected chi connectivity index (χ4v) is 6.72. The van der Waals surface area contributed by atoms with Crippen molar-refractivity contribution in [3.63, 3.8) is 0 Å². The van der Waals surface area contributed by atoms with Gasteiger partial charge in [-0.1, -0.05) is 208 Å². The summed E-state index contributed by atoms with van der Waals surface area (Å²) in [6.45, 7) is 11.3. The quantitative estimate of drug-likeness (QED) is 0.0354. The molecule has 0 aromatic rings. The highest BCUT2D eigenvalue weighted by Gasteiger charge is 2.19. The molecule has 0 saturated carbocycles. The highest BCUT2D eigenvalue weighted by Crippen LogP contribution is 2.17. The Morgan fingerprint density at radius 2 is 0.731 bits per heavy atom. The summed E-state index contributed by atoms with van der Waals surface area (Å²) >= 11 is 0. The average Bonchev–Trinajstić information content (AvgIpc) is 3.12. The van der Waals surface area contributed by atoms with Crippen molar-refractivity contribution in [2.75, 3.05) is 13.2 Å². The third-order valence-electron chi connectivity index (χ3n) is 10.6. The third kappa shape index (κ3) is 38.1. The highest BCUT2D eigenvalue weighted by molar-refractivity contribution is 5.71. The molecule has 308 valence electrons. The molecule has 0 aliphatic rings. The molecule has 0 aromatic heterocycles. The van der Waals surface area contributed by atoms with Gasteiger partial charge in [0.15, 0.2) is 6.10 Å². The van der Waals surface area contributed by atoms with Crippen LogP contribution in [0.5, 0.6) is 0 Å². The zero-order valence-corrected chi connectivity index (χ0v) is 35.4. The van der Waals surface area contributed by atoms with Crippen LogP contribution in [0.25, 0.3) is 0 Å². The van der Waals surface area contributed by atoms with Crippen LogP contribution in [0.3, 0.4) is 0 Å². The first-order valence-corrected chi connectivity index (χ1v) is 22.8. The molecule has 52 heavy (non-hydrogen) atoms. The number of carbonyl (C=O) groups excluding carboxylic acids is 3. The first-order chi connectivity index (χ1) is 25.3. The topological polar surface area (TPSA) is 78.9 Å². The molecule has 0 aliphatic carbocycles. The van der Waals surface area contributed by atoms with E-state index in [0.29, 0.717) is 19.3 Å². The van der Waals surface area contributed by atoms with Crippen LogP contribution < -0.4 is 0 Å². The Labute approximate surface area is 323 Å². The number of esters is 3. The van der Waals surface area contributed by atoms with Crippen LogP contribution in [0.1, 0.15) is 247 Å². The van der Waals surface area contributed by atoms with Gasteiger partial charge >= 0.3 is 17.9 Å². The minimum absolute atomic E-state index is 0.0657. The van der Waals surface area contributed by atoms with E-state index in [4.69, 9.17) is 14.2 Å². The van der Waals surface area contributed by atoms with Gasteiger partial charge in [-0.05, 0) is 31.1 Å². The van der Waals surface area contributed by atoms with Crippen LogP contribution in [0.15, 0.2) is 0 Å². The third-order valence-corrected chi connectivity index (χ3v) is 10.6. The number of hydrogen-bond donors (Lipinski definition) is 0. The Morgan fingerprint density at radius 1 is 0.404 bits per heavy atom. The van der Waals surface area contributed by atoms with E-state index in [1.807, 2.05) is 0 Å². The maximum atomic E-state index is 12.7. The Kier molecular flexibility index (Phi) is 37.9. The number of hydrogen-bond acceptors (Lipinski definition) is 6.